The number of carbonyl (C=O) groups is 1. The van der Waals surface area contributed by atoms with Gasteiger partial charge < -0.3 is 19.5 Å². The average molecular weight is 400 g/mol. The summed E-state index contributed by atoms with van der Waals surface area (Å²) in [6.45, 7) is 10.8. The Morgan fingerprint density at radius 1 is 1.19 bits per heavy atom. The number of ether oxygens (including phenoxy) is 3. The summed E-state index contributed by atoms with van der Waals surface area (Å²) < 4.78 is 16.9. The van der Waals surface area contributed by atoms with Gasteiger partial charge >= 0.3 is 0 Å². The summed E-state index contributed by atoms with van der Waals surface area (Å²) in [6, 6.07) is 5.25. The van der Waals surface area contributed by atoms with Crippen LogP contribution in [0.15, 0.2) is 18.2 Å². The maximum absolute atomic E-state index is 12.7. The summed E-state index contributed by atoms with van der Waals surface area (Å²) in [4.78, 5) is 12.7. The summed E-state index contributed by atoms with van der Waals surface area (Å²) in [7, 11) is 1.68. The molecule has 0 radical (unpaired) electrons. The lowest BCUT2D eigenvalue weighted by Crippen LogP contribution is -2.42. The largest absolute Gasteiger partial charge is 0.492 e. The van der Waals surface area contributed by atoms with Crippen LogP contribution in [0.25, 0.3) is 0 Å². The molecule has 0 heterocycles. The lowest BCUT2D eigenvalue weighted by molar-refractivity contribution is -0.139. The Labute approximate surface area is 168 Å². The fourth-order valence-corrected chi connectivity index (χ4v) is 2.79. The first-order valence-electron chi connectivity index (χ1n) is 9.60. The Balaban J connectivity index is 2.73. The number of benzene rings is 1. The van der Waals surface area contributed by atoms with Gasteiger partial charge in [0.1, 0.15) is 11.4 Å². The molecule has 0 aliphatic carbocycles. The van der Waals surface area contributed by atoms with Crippen LogP contribution in [0.3, 0.4) is 0 Å². The van der Waals surface area contributed by atoms with E-state index in [0.717, 1.165) is 19.3 Å². The van der Waals surface area contributed by atoms with E-state index >= 15 is 0 Å². The van der Waals surface area contributed by atoms with Gasteiger partial charge in [0.25, 0.3) is 5.91 Å². The van der Waals surface area contributed by atoms with Crippen molar-refractivity contribution in [2.45, 2.75) is 71.5 Å². The molecule has 1 N–H and O–H groups in total. The van der Waals surface area contributed by atoms with Crippen LogP contribution in [0.4, 0.5) is 5.69 Å². The van der Waals surface area contributed by atoms with Crippen molar-refractivity contribution in [3.8, 4) is 5.75 Å². The highest BCUT2D eigenvalue weighted by atomic mass is 35.5. The molecule has 0 saturated carbocycles. The molecule has 1 atom stereocenters. The minimum atomic E-state index is -0.849. The molecule has 27 heavy (non-hydrogen) atoms. The topological polar surface area (TPSA) is 56.8 Å². The molecule has 1 aromatic carbocycles. The summed E-state index contributed by atoms with van der Waals surface area (Å²) in [5, 5.41) is 3.36. The number of hydrogen-bond donors (Lipinski definition) is 1. The molecule has 0 aliphatic rings. The fourth-order valence-electron chi connectivity index (χ4n) is 2.55. The second-order valence-electron chi connectivity index (χ2n) is 7.43. The maximum atomic E-state index is 12.7. The first-order chi connectivity index (χ1) is 12.7. The Bertz CT molecular complexity index is 606. The number of halogens is 1. The third kappa shape index (κ3) is 7.68. The first kappa shape index (κ1) is 23.7. The van der Waals surface area contributed by atoms with Crippen molar-refractivity contribution in [3.63, 3.8) is 0 Å². The molecule has 154 valence electrons. The SMILES string of the molecule is CCCC[C@@](C)(OCC)C(=O)Nc1ccc(OCCC(C)(C)OC)c(Cl)c1. The number of hydrogen-bond acceptors (Lipinski definition) is 4. The van der Waals surface area contributed by atoms with Gasteiger partial charge in [0.2, 0.25) is 0 Å². The monoisotopic (exact) mass is 399 g/mol. The number of nitrogens with one attached hydrogen (secondary N) is 1. The molecule has 1 aromatic rings. The molecule has 5 nitrogen and oxygen atoms in total. The van der Waals surface area contributed by atoms with Gasteiger partial charge in [0.15, 0.2) is 0 Å². The lowest BCUT2D eigenvalue weighted by Gasteiger charge is -2.28. The third-order valence-corrected chi connectivity index (χ3v) is 4.95. The van der Waals surface area contributed by atoms with Crippen LogP contribution in [0.1, 0.15) is 60.3 Å². The maximum Gasteiger partial charge on any atom is 0.256 e. The Hall–Kier alpha value is -1.30. The summed E-state index contributed by atoms with van der Waals surface area (Å²) in [6.07, 6.45) is 3.35. The van der Waals surface area contributed by atoms with Gasteiger partial charge in [0, 0.05) is 25.8 Å². The molecule has 0 saturated heterocycles. The standard InChI is InChI=1S/C21H34ClNO4/c1-7-9-12-21(5,27-8-2)19(24)23-16-10-11-18(17(22)15-16)26-14-13-20(3,4)25-6/h10-11,15H,7-9,12-14H2,1-6H3,(H,23,24)/t21-/m1/s1. The molecule has 0 aliphatic heterocycles. The van der Waals surface area contributed by atoms with E-state index in [1.807, 2.05) is 27.7 Å². The van der Waals surface area contributed by atoms with Crippen LogP contribution in [-0.2, 0) is 14.3 Å². The van der Waals surface area contributed by atoms with Crippen LogP contribution < -0.4 is 10.1 Å². The van der Waals surface area contributed by atoms with Gasteiger partial charge in [-0.15, -0.1) is 0 Å². The van der Waals surface area contributed by atoms with Crippen LogP contribution in [0, 0.1) is 0 Å². The van der Waals surface area contributed by atoms with E-state index in [4.69, 9.17) is 25.8 Å². The van der Waals surface area contributed by atoms with E-state index in [2.05, 4.69) is 12.2 Å². The highest BCUT2D eigenvalue weighted by molar-refractivity contribution is 6.32. The van der Waals surface area contributed by atoms with Gasteiger partial charge in [-0.05, 0) is 52.3 Å². The fraction of sp³-hybridized carbons (Fsp3) is 0.667. The van der Waals surface area contributed by atoms with Crippen LogP contribution in [0.5, 0.6) is 5.75 Å². The van der Waals surface area contributed by atoms with E-state index in [1.54, 1.807) is 25.3 Å². The van der Waals surface area contributed by atoms with Crippen LogP contribution in [-0.4, -0.2) is 37.4 Å². The van der Waals surface area contributed by atoms with Gasteiger partial charge in [-0.1, -0.05) is 31.4 Å². The molecule has 0 aromatic heterocycles. The summed E-state index contributed by atoms with van der Waals surface area (Å²) >= 11 is 6.32. The molecule has 6 heteroatoms. The predicted octanol–water partition coefficient (Wildman–Crippen LogP) is 5.46. The highest BCUT2D eigenvalue weighted by Crippen LogP contribution is 2.29. The zero-order chi connectivity index (χ0) is 20.5. The number of methoxy groups -OCH3 is 1. The smallest absolute Gasteiger partial charge is 0.256 e. The number of unbranched alkanes of at least 4 members (excludes halogenated alkanes) is 1. The number of carbonyl (C=O) groups excluding carboxylic acids is 1. The summed E-state index contributed by atoms with van der Waals surface area (Å²) in [5.41, 5.74) is -0.474. The van der Waals surface area contributed by atoms with Crippen LogP contribution >= 0.6 is 11.6 Å². The van der Waals surface area contributed by atoms with Crippen molar-refractivity contribution in [3.05, 3.63) is 23.2 Å². The van der Waals surface area contributed by atoms with Gasteiger partial charge in [0.05, 0.1) is 17.2 Å². The second kappa shape index (κ2) is 10.9. The van der Waals surface area contributed by atoms with Crippen LogP contribution in [0.2, 0.25) is 5.02 Å². The second-order valence-corrected chi connectivity index (χ2v) is 7.84. The zero-order valence-corrected chi connectivity index (χ0v) is 18.2. The Morgan fingerprint density at radius 3 is 2.44 bits per heavy atom. The van der Waals surface area contributed by atoms with E-state index in [9.17, 15) is 4.79 Å². The van der Waals surface area contributed by atoms with Gasteiger partial charge in [-0.25, -0.2) is 0 Å². The predicted molar refractivity (Wildman–Crippen MR) is 111 cm³/mol. The number of rotatable bonds is 12. The van der Waals surface area contributed by atoms with Crippen molar-refractivity contribution in [1.29, 1.82) is 0 Å². The Kier molecular flexibility index (Phi) is 9.57. The van der Waals surface area contributed by atoms with Gasteiger partial charge in [-0.3, -0.25) is 4.79 Å². The van der Waals surface area contributed by atoms with Crippen molar-refractivity contribution in [2.24, 2.45) is 0 Å². The number of amides is 1. The van der Waals surface area contributed by atoms with E-state index in [-0.39, 0.29) is 11.5 Å². The van der Waals surface area contributed by atoms with Crippen molar-refractivity contribution in [2.75, 3.05) is 25.6 Å². The van der Waals surface area contributed by atoms with Crippen molar-refractivity contribution in [1.82, 2.24) is 0 Å². The number of anilines is 1. The lowest BCUT2D eigenvalue weighted by atomic mass is 9.97. The molecule has 1 amide bonds. The Morgan fingerprint density at radius 2 is 1.89 bits per heavy atom. The van der Waals surface area contributed by atoms with E-state index < -0.39 is 5.60 Å². The molecule has 0 fully saturated rings. The normalized spacial score (nSPS) is 13.9. The minimum absolute atomic E-state index is 0.163. The highest BCUT2D eigenvalue weighted by Gasteiger charge is 2.33. The zero-order valence-electron chi connectivity index (χ0n) is 17.5. The van der Waals surface area contributed by atoms with E-state index in [1.165, 1.54) is 0 Å². The van der Waals surface area contributed by atoms with Crippen molar-refractivity contribution < 1.29 is 19.0 Å². The van der Waals surface area contributed by atoms with Crippen molar-refractivity contribution >= 4 is 23.2 Å². The molecule has 0 bridgehead atoms. The average Bonchev–Trinajstić information content (AvgIpc) is 2.62. The molecular weight excluding hydrogens is 366 g/mol. The molecule has 1 rings (SSSR count). The third-order valence-electron chi connectivity index (χ3n) is 4.65. The van der Waals surface area contributed by atoms with Gasteiger partial charge in [-0.2, -0.15) is 0 Å². The van der Waals surface area contributed by atoms with E-state index in [0.29, 0.717) is 36.1 Å². The first-order valence-corrected chi connectivity index (χ1v) is 9.98. The molecule has 0 unspecified atom stereocenters. The summed E-state index contributed by atoms with van der Waals surface area (Å²) in [5.74, 6) is 0.421. The molecular formula is C21H34ClNO4. The quantitative estimate of drug-likeness (QED) is 0.507. The minimum Gasteiger partial charge on any atom is -0.492 e. The molecule has 0 spiro atoms.